The van der Waals surface area contributed by atoms with Crippen LogP contribution in [0, 0.1) is 17.1 Å². The first kappa shape index (κ1) is 24.5. The second-order valence-corrected chi connectivity index (χ2v) is 9.13. The summed E-state index contributed by atoms with van der Waals surface area (Å²) in [5.41, 5.74) is 4.60. The standard InChI is InChI=1S/C30H30FN5O/c1-2-37-27-14-16-35(17-15-27)25-10-12-26(13-11-25)36-29(23-8-9-24(20-32)28(31)18-23)19-30(34-36)33-21-22-6-4-3-5-7-22/h3-13,18-19,27H,2,14-17,21H2,1H3,(H,33,34). The Morgan fingerprint density at radius 2 is 1.73 bits per heavy atom. The van der Waals surface area contributed by atoms with Crippen LogP contribution in [0.3, 0.4) is 0 Å². The molecule has 0 bridgehead atoms. The fraction of sp³-hybridized carbons (Fsp3) is 0.267. The first-order valence-corrected chi connectivity index (χ1v) is 12.7. The molecule has 2 heterocycles. The molecule has 1 N–H and O–H groups in total. The Morgan fingerprint density at radius 3 is 2.41 bits per heavy atom. The van der Waals surface area contributed by atoms with E-state index in [-0.39, 0.29) is 5.56 Å². The van der Waals surface area contributed by atoms with Gasteiger partial charge >= 0.3 is 0 Å². The lowest BCUT2D eigenvalue weighted by Gasteiger charge is -2.33. The van der Waals surface area contributed by atoms with Crippen molar-refractivity contribution in [3.05, 3.63) is 95.8 Å². The number of nitrogens with one attached hydrogen (secondary N) is 1. The van der Waals surface area contributed by atoms with Crippen LogP contribution in [-0.4, -0.2) is 35.6 Å². The Kier molecular flexibility index (Phi) is 7.48. The van der Waals surface area contributed by atoms with Crippen LogP contribution in [0.25, 0.3) is 16.9 Å². The van der Waals surface area contributed by atoms with Crippen LogP contribution in [-0.2, 0) is 11.3 Å². The summed E-state index contributed by atoms with van der Waals surface area (Å²) in [5, 5.41) is 17.3. The van der Waals surface area contributed by atoms with Gasteiger partial charge in [-0.1, -0.05) is 36.4 Å². The van der Waals surface area contributed by atoms with Gasteiger partial charge in [-0.2, -0.15) is 5.26 Å². The van der Waals surface area contributed by atoms with Gasteiger partial charge in [-0.05, 0) is 61.7 Å². The predicted molar refractivity (Wildman–Crippen MR) is 144 cm³/mol. The zero-order valence-electron chi connectivity index (χ0n) is 20.9. The average molecular weight is 496 g/mol. The molecule has 6 nitrogen and oxygen atoms in total. The van der Waals surface area contributed by atoms with Gasteiger partial charge in [0.2, 0.25) is 0 Å². The smallest absolute Gasteiger partial charge is 0.149 e. The molecule has 0 atom stereocenters. The Morgan fingerprint density at radius 1 is 1.00 bits per heavy atom. The van der Waals surface area contributed by atoms with Crippen molar-refractivity contribution in [2.45, 2.75) is 32.4 Å². The minimum absolute atomic E-state index is 0.0229. The second-order valence-electron chi connectivity index (χ2n) is 9.13. The van der Waals surface area contributed by atoms with E-state index < -0.39 is 5.82 Å². The van der Waals surface area contributed by atoms with Crippen LogP contribution in [0.15, 0.2) is 78.9 Å². The lowest BCUT2D eigenvalue weighted by Crippen LogP contribution is -2.37. The quantitative estimate of drug-likeness (QED) is 0.317. The van der Waals surface area contributed by atoms with Gasteiger partial charge in [0.15, 0.2) is 0 Å². The minimum atomic E-state index is -0.544. The summed E-state index contributed by atoms with van der Waals surface area (Å²) in [6.07, 6.45) is 2.40. The number of ether oxygens (including phenoxy) is 1. The van der Waals surface area contributed by atoms with Gasteiger partial charge in [-0.15, -0.1) is 5.10 Å². The monoisotopic (exact) mass is 495 g/mol. The molecule has 0 saturated carbocycles. The molecule has 0 amide bonds. The molecule has 0 unspecified atom stereocenters. The van der Waals surface area contributed by atoms with Crippen LogP contribution >= 0.6 is 0 Å². The third-order valence-corrected chi connectivity index (χ3v) is 6.71. The van der Waals surface area contributed by atoms with Gasteiger partial charge in [0, 0.05) is 43.6 Å². The molecule has 7 heteroatoms. The fourth-order valence-electron chi connectivity index (χ4n) is 4.74. The highest BCUT2D eigenvalue weighted by atomic mass is 19.1. The molecule has 4 aromatic rings. The molecule has 0 aliphatic carbocycles. The third-order valence-electron chi connectivity index (χ3n) is 6.71. The van der Waals surface area contributed by atoms with Crippen molar-refractivity contribution in [3.8, 4) is 23.0 Å². The summed E-state index contributed by atoms with van der Waals surface area (Å²) in [7, 11) is 0. The normalized spacial score (nSPS) is 13.9. The number of benzene rings is 3. The highest BCUT2D eigenvalue weighted by Gasteiger charge is 2.20. The van der Waals surface area contributed by atoms with Gasteiger partial charge in [-0.3, -0.25) is 0 Å². The molecule has 1 aliphatic rings. The molecule has 3 aromatic carbocycles. The Bertz CT molecular complexity index is 1370. The number of anilines is 2. The molecule has 0 spiro atoms. The number of piperidine rings is 1. The van der Waals surface area contributed by atoms with Crippen LogP contribution < -0.4 is 10.2 Å². The molecular formula is C30H30FN5O. The summed E-state index contributed by atoms with van der Waals surface area (Å²) in [4.78, 5) is 2.38. The summed E-state index contributed by atoms with van der Waals surface area (Å²) in [6.45, 7) is 5.36. The van der Waals surface area contributed by atoms with Crippen molar-refractivity contribution in [1.29, 1.82) is 5.26 Å². The molecule has 0 radical (unpaired) electrons. The molecule has 1 aliphatic heterocycles. The summed E-state index contributed by atoms with van der Waals surface area (Å²) in [5.74, 6) is 0.142. The summed E-state index contributed by atoms with van der Waals surface area (Å²) in [6, 6.07) is 26.9. The first-order valence-electron chi connectivity index (χ1n) is 12.7. The topological polar surface area (TPSA) is 66.1 Å². The second kappa shape index (κ2) is 11.3. The third kappa shape index (κ3) is 5.65. The van der Waals surface area contributed by atoms with Gasteiger partial charge in [0.05, 0.1) is 23.0 Å². The molecule has 5 rings (SSSR count). The van der Waals surface area contributed by atoms with Crippen LogP contribution in [0.5, 0.6) is 0 Å². The van der Waals surface area contributed by atoms with Crippen LogP contribution in [0.4, 0.5) is 15.9 Å². The van der Waals surface area contributed by atoms with Crippen molar-refractivity contribution in [2.24, 2.45) is 0 Å². The van der Waals surface area contributed by atoms with Crippen LogP contribution in [0.1, 0.15) is 30.9 Å². The number of rotatable bonds is 8. The van der Waals surface area contributed by atoms with Gasteiger partial charge < -0.3 is 15.0 Å². The van der Waals surface area contributed by atoms with E-state index in [9.17, 15) is 4.39 Å². The maximum absolute atomic E-state index is 14.5. The van der Waals surface area contributed by atoms with Crippen molar-refractivity contribution in [1.82, 2.24) is 9.78 Å². The molecule has 1 saturated heterocycles. The zero-order chi connectivity index (χ0) is 25.6. The number of halogens is 1. The lowest BCUT2D eigenvalue weighted by molar-refractivity contribution is 0.0459. The highest BCUT2D eigenvalue weighted by Crippen LogP contribution is 2.29. The van der Waals surface area contributed by atoms with E-state index in [0.717, 1.165) is 49.5 Å². The summed E-state index contributed by atoms with van der Waals surface area (Å²) >= 11 is 0. The van der Waals surface area contributed by atoms with E-state index >= 15 is 0 Å². The largest absolute Gasteiger partial charge is 0.378 e. The maximum atomic E-state index is 14.5. The zero-order valence-corrected chi connectivity index (χ0v) is 20.9. The number of aromatic nitrogens is 2. The molecule has 37 heavy (non-hydrogen) atoms. The minimum Gasteiger partial charge on any atom is -0.378 e. The Balaban J connectivity index is 1.42. The van der Waals surface area contributed by atoms with Gasteiger partial charge in [0.1, 0.15) is 17.7 Å². The van der Waals surface area contributed by atoms with Crippen LogP contribution in [0.2, 0.25) is 0 Å². The lowest BCUT2D eigenvalue weighted by atomic mass is 10.1. The molecule has 188 valence electrons. The van der Waals surface area contributed by atoms with E-state index in [1.165, 1.54) is 17.8 Å². The number of hydrogen-bond donors (Lipinski definition) is 1. The fourth-order valence-corrected chi connectivity index (χ4v) is 4.74. The van der Waals surface area contributed by atoms with Crippen molar-refractivity contribution < 1.29 is 9.13 Å². The van der Waals surface area contributed by atoms with E-state index in [2.05, 4.69) is 34.5 Å². The van der Waals surface area contributed by atoms with Gasteiger partial charge in [0.25, 0.3) is 0 Å². The molecule has 1 aromatic heterocycles. The Hall–Kier alpha value is -4.15. The Labute approximate surface area is 216 Å². The van der Waals surface area contributed by atoms with Crippen molar-refractivity contribution in [3.63, 3.8) is 0 Å². The van der Waals surface area contributed by atoms with E-state index in [1.54, 1.807) is 6.07 Å². The molecule has 1 fully saturated rings. The SMILES string of the molecule is CCOC1CCN(c2ccc(-n3nc(NCc4ccccc4)cc3-c3ccc(C#N)c(F)c3)cc2)CC1. The maximum Gasteiger partial charge on any atom is 0.149 e. The van der Waals surface area contributed by atoms with E-state index in [4.69, 9.17) is 15.1 Å². The van der Waals surface area contributed by atoms with Crippen molar-refractivity contribution >= 4 is 11.5 Å². The number of nitrogens with zero attached hydrogens (tertiary/aromatic N) is 4. The van der Waals surface area contributed by atoms with E-state index in [1.807, 2.05) is 54.1 Å². The summed E-state index contributed by atoms with van der Waals surface area (Å²) < 4.78 is 22.1. The number of hydrogen-bond acceptors (Lipinski definition) is 5. The average Bonchev–Trinajstić information content (AvgIpc) is 3.37. The predicted octanol–water partition coefficient (Wildman–Crippen LogP) is 6.17. The van der Waals surface area contributed by atoms with Gasteiger partial charge in [-0.25, -0.2) is 9.07 Å². The number of nitriles is 1. The van der Waals surface area contributed by atoms with Crippen molar-refractivity contribution in [2.75, 3.05) is 29.9 Å². The molecular weight excluding hydrogens is 465 g/mol. The van der Waals surface area contributed by atoms with E-state index in [0.29, 0.717) is 24.0 Å². The first-order chi connectivity index (χ1) is 18.1. The highest BCUT2D eigenvalue weighted by molar-refractivity contribution is 5.67.